The van der Waals surface area contributed by atoms with E-state index >= 15 is 0 Å². The Morgan fingerprint density at radius 2 is 2.29 bits per heavy atom. The van der Waals surface area contributed by atoms with Crippen LogP contribution in [-0.4, -0.2) is 36.3 Å². The van der Waals surface area contributed by atoms with Crippen molar-refractivity contribution in [3.05, 3.63) is 0 Å². The molecular formula is C12H24BN3S. The lowest BCUT2D eigenvalue weighted by Crippen LogP contribution is -2.51. The standard InChI is InChI=1S/C12H24BN3S/c1-8(2)5-3-4-6-9-10-12(13,7-17-9)16-11(14)15-10/h8-10H,3-7,13H2,1-2H3,(H3,14,15,16)/t9-,10?,12-/m0/s1. The fraction of sp³-hybridized carbons (Fsp3) is 0.917. The summed E-state index contributed by atoms with van der Waals surface area (Å²) in [5.74, 6) is 2.47. The molecule has 17 heavy (non-hydrogen) atoms. The van der Waals surface area contributed by atoms with Crippen molar-refractivity contribution in [3.8, 4) is 0 Å². The van der Waals surface area contributed by atoms with Gasteiger partial charge in [-0.2, -0.15) is 11.8 Å². The van der Waals surface area contributed by atoms with Gasteiger partial charge in [0.1, 0.15) is 7.85 Å². The van der Waals surface area contributed by atoms with Crippen molar-refractivity contribution < 1.29 is 0 Å². The predicted molar refractivity (Wildman–Crippen MR) is 78.6 cm³/mol. The first-order valence-corrected chi connectivity index (χ1v) is 7.81. The first kappa shape index (κ1) is 13.1. The monoisotopic (exact) mass is 253 g/mol. The molecule has 3 nitrogen and oxygen atoms in total. The highest BCUT2D eigenvalue weighted by Gasteiger charge is 2.49. The molecule has 96 valence electrons. The smallest absolute Gasteiger partial charge is 0.188 e. The first-order valence-electron chi connectivity index (χ1n) is 6.76. The minimum Gasteiger partial charge on any atom is -0.356 e. The molecule has 1 unspecified atom stereocenters. The Labute approximate surface area is 110 Å². The normalized spacial score (nSPS) is 35.8. The van der Waals surface area contributed by atoms with Crippen molar-refractivity contribution in [1.82, 2.24) is 10.6 Å². The summed E-state index contributed by atoms with van der Waals surface area (Å²) in [6.45, 7) is 4.59. The molecule has 2 saturated heterocycles. The molecule has 2 fully saturated rings. The lowest BCUT2D eigenvalue weighted by molar-refractivity contribution is 0.464. The second-order valence-corrected chi connectivity index (χ2v) is 7.29. The summed E-state index contributed by atoms with van der Waals surface area (Å²) < 4.78 is 0. The van der Waals surface area contributed by atoms with Crippen LogP contribution >= 0.6 is 11.8 Å². The summed E-state index contributed by atoms with van der Waals surface area (Å²) >= 11 is 2.07. The van der Waals surface area contributed by atoms with Gasteiger partial charge in [-0.1, -0.05) is 33.1 Å². The molecular weight excluding hydrogens is 229 g/mol. The fourth-order valence-electron chi connectivity index (χ4n) is 2.87. The maximum atomic E-state index is 7.70. The van der Waals surface area contributed by atoms with Crippen molar-refractivity contribution in [3.63, 3.8) is 0 Å². The Balaban J connectivity index is 1.77. The van der Waals surface area contributed by atoms with Crippen molar-refractivity contribution in [2.24, 2.45) is 5.92 Å². The van der Waals surface area contributed by atoms with Gasteiger partial charge in [-0.05, 0) is 12.3 Å². The highest BCUT2D eigenvalue weighted by Crippen LogP contribution is 2.38. The number of fused-ring (bicyclic) bond motifs is 1. The van der Waals surface area contributed by atoms with E-state index in [1.807, 2.05) is 0 Å². The van der Waals surface area contributed by atoms with Gasteiger partial charge in [0.15, 0.2) is 5.96 Å². The van der Waals surface area contributed by atoms with Gasteiger partial charge in [0.2, 0.25) is 0 Å². The van der Waals surface area contributed by atoms with Gasteiger partial charge < -0.3 is 10.6 Å². The van der Waals surface area contributed by atoms with Crippen molar-refractivity contribution >= 4 is 25.6 Å². The van der Waals surface area contributed by atoms with Crippen LogP contribution in [0.2, 0.25) is 0 Å². The van der Waals surface area contributed by atoms with E-state index in [4.69, 9.17) is 5.41 Å². The summed E-state index contributed by atoms with van der Waals surface area (Å²) in [6.07, 6.45) is 5.32. The van der Waals surface area contributed by atoms with Gasteiger partial charge in [-0.15, -0.1) is 0 Å². The summed E-state index contributed by atoms with van der Waals surface area (Å²) in [7, 11) is 2.24. The van der Waals surface area contributed by atoms with Crippen LogP contribution in [0, 0.1) is 11.3 Å². The van der Waals surface area contributed by atoms with E-state index in [2.05, 4.69) is 44.1 Å². The molecule has 0 aliphatic carbocycles. The Kier molecular flexibility index (Phi) is 3.96. The first-order chi connectivity index (χ1) is 8.01. The molecule has 0 aromatic heterocycles. The molecule has 0 amide bonds. The van der Waals surface area contributed by atoms with Gasteiger partial charge in [0, 0.05) is 16.4 Å². The molecule has 3 N–H and O–H groups in total. The molecule has 0 aromatic rings. The van der Waals surface area contributed by atoms with Gasteiger partial charge >= 0.3 is 0 Å². The third kappa shape index (κ3) is 2.93. The molecule has 0 spiro atoms. The maximum absolute atomic E-state index is 7.70. The maximum Gasteiger partial charge on any atom is 0.188 e. The molecule has 0 aromatic carbocycles. The van der Waals surface area contributed by atoms with Crippen LogP contribution in [0.1, 0.15) is 39.5 Å². The van der Waals surface area contributed by atoms with Crippen molar-refractivity contribution in [2.45, 2.75) is 56.3 Å². The quantitative estimate of drug-likeness (QED) is 0.508. The number of nitrogens with one attached hydrogen (secondary N) is 3. The summed E-state index contributed by atoms with van der Waals surface area (Å²) in [4.78, 5) is 0. The number of guanidine groups is 1. The van der Waals surface area contributed by atoms with Crippen LogP contribution in [0.25, 0.3) is 0 Å². The minimum atomic E-state index is 0.116. The van der Waals surface area contributed by atoms with Gasteiger partial charge in [-0.25, -0.2) is 0 Å². The van der Waals surface area contributed by atoms with Crippen molar-refractivity contribution in [1.29, 1.82) is 5.41 Å². The van der Waals surface area contributed by atoms with Crippen LogP contribution in [0.15, 0.2) is 0 Å². The van der Waals surface area contributed by atoms with Crippen LogP contribution in [0.4, 0.5) is 0 Å². The molecule has 2 rings (SSSR count). The Morgan fingerprint density at radius 3 is 3.00 bits per heavy atom. The number of hydrogen-bond acceptors (Lipinski definition) is 2. The summed E-state index contributed by atoms with van der Waals surface area (Å²) in [5.41, 5.74) is 0.116. The molecule has 2 aliphatic heterocycles. The van der Waals surface area contributed by atoms with E-state index in [0.29, 0.717) is 17.3 Å². The van der Waals surface area contributed by atoms with Crippen LogP contribution in [0.3, 0.4) is 0 Å². The number of unbranched alkanes of at least 4 members (excludes halogenated alkanes) is 1. The highest BCUT2D eigenvalue weighted by atomic mass is 32.2. The number of thioether (sulfide) groups is 1. The van der Waals surface area contributed by atoms with Gasteiger partial charge in [0.05, 0.1) is 6.04 Å². The fourth-order valence-corrected chi connectivity index (χ4v) is 4.57. The average molecular weight is 253 g/mol. The van der Waals surface area contributed by atoms with Gasteiger partial charge in [-0.3, -0.25) is 5.41 Å². The molecule has 0 radical (unpaired) electrons. The SMILES string of the molecule is B[C@]12CS[C@@H](CCCCC(C)C)C1NC(=N)N2. The molecule has 2 heterocycles. The largest absolute Gasteiger partial charge is 0.356 e. The van der Waals surface area contributed by atoms with Crippen LogP contribution in [0.5, 0.6) is 0 Å². The molecule has 0 saturated carbocycles. The lowest BCUT2D eigenvalue weighted by atomic mass is 9.73. The zero-order valence-corrected chi connectivity index (χ0v) is 12.0. The second-order valence-electron chi connectivity index (χ2n) is 6.07. The summed E-state index contributed by atoms with van der Waals surface area (Å²) in [6, 6.07) is 0.457. The zero-order valence-electron chi connectivity index (χ0n) is 11.2. The van der Waals surface area contributed by atoms with Gasteiger partial charge in [0.25, 0.3) is 0 Å². The zero-order chi connectivity index (χ0) is 12.5. The Bertz CT molecular complexity index is 297. The van der Waals surface area contributed by atoms with E-state index in [9.17, 15) is 0 Å². The number of rotatable bonds is 5. The third-order valence-corrected chi connectivity index (χ3v) is 5.59. The second kappa shape index (κ2) is 5.13. The van der Waals surface area contributed by atoms with E-state index in [0.717, 1.165) is 11.7 Å². The molecule has 0 bridgehead atoms. The Hall–Kier alpha value is -0.315. The molecule has 2 aliphatic rings. The predicted octanol–water partition coefficient (Wildman–Crippen LogP) is 1.14. The van der Waals surface area contributed by atoms with E-state index in [-0.39, 0.29) is 5.44 Å². The topological polar surface area (TPSA) is 47.9 Å². The van der Waals surface area contributed by atoms with E-state index in [1.165, 1.54) is 25.7 Å². The van der Waals surface area contributed by atoms with Crippen LogP contribution in [-0.2, 0) is 0 Å². The highest BCUT2D eigenvalue weighted by molar-refractivity contribution is 8.00. The molecule has 3 atom stereocenters. The van der Waals surface area contributed by atoms with E-state index in [1.54, 1.807) is 0 Å². The van der Waals surface area contributed by atoms with E-state index < -0.39 is 0 Å². The summed E-state index contributed by atoms with van der Waals surface area (Å²) in [5, 5.41) is 15.0. The molecule has 5 heteroatoms. The van der Waals surface area contributed by atoms with Crippen LogP contribution < -0.4 is 10.6 Å². The number of hydrogen-bond donors (Lipinski definition) is 3. The minimum absolute atomic E-state index is 0.116. The Morgan fingerprint density at radius 1 is 1.53 bits per heavy atom. The average Bonchev–Trinajstić information content (AvgIpc) is 2.66. The lowest BCUT2D eigenvalue weighted by Gasteiger charge is -2.24. The third-order valence-electron chi connectivity index (χ3n) is 3.89. The van der Waals surface area contributed by atoms with Crippen molar-refractivity contribution in [2.75, 3.05) is 5.75 Å².